The molecule has 26 heavy (non-hydrogen) atoms. The second kappa shape index (κ2) is 8.22. The van der Waals surface area contributed by atoms with Crippen LogP contribution >= 0.6 is 0 Å². The molecule has 0 N–H and O–H groups in total. The topological polar surface area (TPSA) is 9.23 Å². The third-order valence-electron chi connectivity index (χ3n) is 6.41. The Balaban J connectivity index is 1.82. The van der Waals surface area contributed by atoms with E-state index in [1.807, 2.05) is 7.11 Å². The number of hydrogen-bond donors (Lipinski definition) is 0. The zero-order chi connectivity index (χ0) is 18.6. The maximum absolute atomic E-state index is 6.03. The van der Waals surface area contributed by atoms with Gasteiger partial charge in [-0.15, -0.1) is 0 Å². The van der Waals surface area contributed by atoms with Crippen molar-refractivity contribution in [2.75, 3.05) is 7.11 Å². The summed E-state index contributed by atoms with van der Waals surface area (Å²) in [5.74, 6) is 1.07. The highest BCUT2D eigenvalue weighted by atomic mass is 16.5. The summed E-state index contributed by atoms with van der Waals surface area (Å²) in [5, 5.41) is 0. The van der Waals surface area contributed by atoms with Gasteiger partial charge in [0, 0.05) is 7.11 Å². The molecule has 1 heteroatoms. The molecule has 0 amide bonds. The maximum Gasteiger partial charge on any atom is 0.0857 e. The number of methoxy groups -OCH3 is 1. The van der Waals surface area contributed by atoms with E-state index in [0.29, 0.717) is 11.8 Å². The first-order chi connectivity index (χ1) is 12.5. The van der Waals surface area contributed by atoms with Gasteiger partial charge in [-0.25, -0.2) is 0 Å². The van der Waals surface area contributed by atoms with Gasteiger partial charge in [-0.2, -0.15) is 0 Å². The van der Waals surface area contributed by atoms with E-state index < -0.39 is 0 Å². The number of ether oxygens (including phenoxy) is 1. The quantitative estimate of drug-likeness (QED) is 0.533. The highest BCUT2D eigenvalue weighted by molar-refractivity contribution is 5.23. The van der Waals surface area contributed by atoms with E-state index in [9.17, 15) is 0 Å². The van der Waals surface area contributed by atoms with Crippen molar-refractivity contribution >= 4 is 0 Å². The normalized spacial score (nSPS) is 23.3. The minimum absolute atomic E-state index is 0.148. The SMILES string of the molecule is COC(c1ccccc1)[C@H]1CC=C(C)C(CCc2ccccc2)C1(C)C. The molecule has 3 atom stereocenters. The third-order valence-corrected chi connectivity index (χ3v) is 6.41. The van der Waals surface area contributed by atoms with Crippen molar-refractivity contribution in [3.05, 3.63) is 83.4 Å². The fraction of sp³-hybridized carbons (Fsp3) is 0.440. The van der Waals surface area contributed by atoms with Gasteiger partial charge in [-0.1, -0.05) is 86.2 Å². The van der Waals surface area contributed by atoms with Crippen molar-refractivity contribution in [3.8, 4) is 0 Å². The largest absolute Gasteiger partial charge is 0.376 e. The standard InChI is InChI=1S/C25H32O/c1-19-15-17-23(24(26-4)21-13-9-6-10-14-21)25(2,3)22(19)18-16-20-11-7-5-8-12-20/h5-15,22-24H,16-18H2,1-4H3/t22?,23-,24?/m1/s1. The van der Waals surface area contributed by atoms with E-state index in [4.69, 9.17) is 4.74 Å². The van der Waals surface area contributed by atoms with Gasteiger partial charge in [-0.3, -0.25) is 0 Å². The number of hydrogen-bond acceptors (Lipinski definition) is 1. The molecule has 0 aromatic heterocycles. The molecule has 2 aromatic carbocycles. The minimum Gasteiger partial charge on any atom is -0.376 e. The molecule has 1 aliphatic rings. The molecule has 1 aliphatic carbocycles. The zero-order valence-electron chi connectivity index (χ0n) is 16.6. The van der Waals surface area contributed by atoms with Gasteiger partial charge in [0.15, 0.2) is 0 Å². The molecule has 0 heterocycles. The van der Waals surface area contributed by atoms with Crippen molar-refractivity contribution < 1.29 is 4.74 Å². The van der Waals surface area contributed by atoms with E-state index in [1.54, 1.807) is 5.57 Å². The van der Waals surface area contributed by atoms with Crippen LogP contribution in [0.15, 0.2) is 72.3 Å². The first kappa shape index (κ1) is 18.9. The molecular formula is C25H32O. The average molecular weight is 349 g/mol. The summed E-state index contributed by atoms with van der Waals surface area (Å²) in [6.07, 6.45) is 6.03. The summed E-state index contributed by atoms with van der Waals surface area (Å²) in [7, 11) is 1.86. The lowest BCUT2D eigenvalue weighted by atomic mass is 9.59. The van der Waals surface area contributed by atoms with E-state index in [-0.39, 0.29) is 11.5 Å². The van der Waals surface area contributed by atoms with Crippen molar-refractivity contribution in [1.29, 1.82) is 0 Å². The molecule has 0 fully saturated rings. The average Bonchev–Trinajstić information content (AvgIpc) is 2.65. The van der Waals surface area contributed by atoms with Crippen LogP contribution in [0.5, 0.6) is 0 Å². The molecule has 0 saturated carbocycles. The smallest absolute Gasteiger partial charge is 0.0857 e. The Morgan fingerprint density at radius 3 is 2.23 bits per heavy atom. The highest BCUT2D eigenvalue weighted by Gasteiger charge is 2.44. The summed E-state index contributed by atoms with van der Waals surface area (Å²) < 4.78 is 6.03. The second-order valence-electron chi connectivity index (χ2n) is 8.26. The number of allylic oxidation sites excluding steroid dienone is 2. The Morgan fingerprint density at radius 1 is 1.00 bits per heavy atom. The third kappa shape index (κ3) is 3.94. The molecule has 0 saturated heterocycles. The van der Waals surface area contributed by atoms with Crippen LogP contribution in [0.1, 0.15) is 50.8 Å². The zero-order valence-corrected chi connectivity index (χ0v) is 16.6. The Morgan fingerprint density at radius 2 is 1.62 bits per heavy atom. The van der Waals surface area contributed by atoms with Gasteiger partial charge in [0.2, 0.25) is 0 Å². The summed E-state index contributed by atoms with van der Waals surface area (Å²) in [6.45, 7) is 7.20. The molecule has 1 nitrogen and oxygen atoms in total. The second-order valence-corrected chi connectivity index (χ2v) is 8.26. The van der Waals surface area contributed by atoms with Crippen LogP contribution in [0.4, 0.5) is 0 Å². The van der Waals surface area contributed by atoms with Crippen LogP contribution in [0.25, 0.3) is 0 Å². The first-order valence-electron chi connectivity index (χ1n) is 9.82. The molecular weight excluding hydrogens is 316 g/mol. The van der Waals surface area contributed by atoms with Crippen LogP contribution in [0.2, 0.25) is 0 Å². The van der Waals surface area contributed by atoms with Gasteiger partial charge >= 0.3 is 0 Å². The fourth-order valence-electron chi connectivity index (χ4n) is 4.85. The van der Waals surface area contributed by atoms with Crippen LogP contribution in [-0.2, 0) is 11.2 Å². The van der Waals surface area contributed by atoms with Gasteiger partial charge in [0.25, 0.3) is 0 Å². The molecule has 0 spiro atoms. The van der Waals surface area contributed by atoms with Crippen LogP contribution in [0, 0.1) is 17.3 Å². The molecule has 2 aromatic rings. The molecule has 2 unspecified atom stereocenters. The fourth-order valence-corrected chi connectivity index (χ4v) is 4.85. The molecule has 0 bridgehead atoms. The number of aryl methyl sites for hydroxylation is 1. The Bertz CT molecular complexity index is 714. The van der Waals surface area contributed by atoms with Gasteiger partial charge in [0.05, 0.1) is 6.10 Å². The predicted octanol–water partition coefficient (Wildman–Crippen LogP) is 6.62. The lowest BCUT2D eigenvalue weighted by Gasteiger charge is -2.48. The Kier molecular flexibility index (Phi) is 5.98. The summed E-state index contributed by atoms with van der Waals surface area (Å²) in [6, 6.07) is 21.6. The van der Waals surface area contributed by atoms with Crippen LogP contribution in [0.3, 0.4) is 0 Å². The summed E-state index contributed by atoms with van der Waals surface area (Å²) in [5.41, 5.74) is 4.47. The lowest BCUT2D eigenvalue weighted by molar-refractivity contribution is -0.0271. The monoisotopic (exact) mass is 348 g/mol. The van der Waals surface area contributed by atoms with Gasteiger partial charge in [-0.05, 0) is 54.6 Å². The lowest BCUT2D eigenvalue weighted by Crippen LogP contribution is -2.40. The Hall–Kier alpha value is -1.86. The first-order valence-corrected chi connectivity index (χ1v) is 9.82. The summed E-state index contributed by atoms with van der Waals surface area (Å²) in [4.78, 5) is 0. The maximum atomic E-state index is 6.03. The van der Waals surface area contributed by atoms with E-state index >= 15 is 0 Å². The van der Waals surface area contributed by atoms with Crippen molar-refractivity contribution in [3.63, 3.8) is 0 Å². The highest BCUT2D eigenvalue weighted by Crippen LogP contribution is 2.52. The molecule has 0 radical (unpaired) electrons. The van der Waals surface area contributed by atoms with E-state index in [1.165, 1.54) is 17.5 Å². The van der Waals surface area contributed by atoms with Crippen molar-refractivity contribution in [1.82, 2.24) is 0 Å². The van der Waals surface area contributed by atoms with E-state index in [0.717, 1.165) is 12.8 Å². The molecule has 0 aliphatic heterocycles. The van der Waals surface area contributed by atoms with Crippen molar-refractivity contribution in [2.24, 2.45) is 17.3 Å². The molecule has 3 rings (SSSR count). The number of benzene rings is 2. The van der Waals surface area contributed by atoms with Gasteiger partial charge in [0.1, 0.15) is 0 Å². The summed E-state index contributed by atoms with van der Waals surface area (Å²) >= 11 is 0. The van der Waals surface area contributed by atoms with Crippen LogP contribution in [-0.4, -0.2) is 7.11 Å². The van der Waals surface area contributed by atoms with Crippen molar-refractivity contribution in [2.45, 2.75) is 46.1 Å². The predicted molar refractivity (Wildman–Crippen MR) is 110 cm³/mol. The van der Waals surface area contributed by atoms with Gasteiger partial charge < -0.3 is 4.74 Å². The van der Waals surface area contributed by atoms with Crippen LogP contribution < -0.4 is 0 Å². The Labute approximate surface area is 159 Å². The number of rotatable bonds is 6. The minimum atomic E-state index is 0.148. The van der Waals surface area contributed by atoms with E-state index in [2.05, 4.69) is 87.5 Å². The molecule has 138 valence electrons.